The molecular formula is C6H11N3. The number of nitrogens with zero attached hydrogens (tertiary/aromatic N) is 3. The highest BCUT2D eigenvalue weighted by molar-refractivity contribution is 4.65. The quantitative estimate of drug-likeness (QED) is 0.178. The lowest BCUT2D eigenvalue weighted by atomic mass is 10.2. The van der Waals surface area contributed by atoms with E-state index in [0.717, 1.165) is 19.3 Å². The molecule has 0 aromatic carbocycles. The molecule has 0 aliphatic carbocycles. The van der Waals surface area contributed by atoms with Crippen molar-refractivity contribution in [2.45, 2.75) is 19.3 Å². The van der Waals surface area contributed by atoms with Gasteiger partial charge >= 0.3 is 0 Å². The summed E-state index contributed by atoms with van der Waals surface area (Å²) in [6.45, 7) is 4.19. The van der Waals surface area contributed by atoms with Crippen LogP contribution in [0.4, 0.5) is 0 Å². The Bertz CT molecular complexity index is 113. The predicted octanol–water partition coefficient (Wildman–Crippen LogP) is 2.65. The van der Waals surface area contributed by atoms with Crippen molar-refractivity contribution in [3.63, 3.8) is 0 Å². The van der Waals surface area contributed by atoms with Crippen LogP contribution in [-0.4, -0.2) is 6.54 Å². The molecule has 0 aromatic rings. The average molecular weight is 125 g/mol. The molecule has 0 aliphatic rings. The summed E-state index contributed by atoms with van der Waals surface area (Å²) in [5.41, 5.74) is 7.86. The fourth-order valence-electron chi connectivity index (χ4n) is 0.516. The van der Waals surface area contributed by atoms with E-state index in [1.807, 2.05) is 6.08 Å². The van der Waals surface area contributed by atoms with E-state index in [9.17, 15) is 0 Å². The Kier molecular flexibility index (Phi) is 6.31. The van der Waals surface area contributed by atoms with Crippen molar-refractivity contribution in [2.75, 3.05) is 6.54 Å². The second-order valence-corrected chi connectivity index (χ2v) is 1.74. The highest BCUT2D eigenvalue weighted by atomic mass is 15.1. The van der Waals surface area contributed by atoms with Crippen molar-refractivity contribution >= 4 is 0 Å². The molecule has 0 unspecified atom stereocenters. The van der Waals surface area contributed by atoms with Crippen molar-refractivity contribution in [3.05, 3.63) is 23.1 Å². The monoisotopic (exact) mass is 125 g/mol. The molecule has 0 bridgehead atoms. The fourth-order valence-corrected chi connectivity index (χ4v) is 0.516. The van der Waals surface area contributed by atoms with Crippen molar-refractivity contribution in [1.29, 1.82) is 0 Å². The summed E-state index contributed by atoms with van der Waals surface area (Å²) in [5, 5.41) is 3.39. The molecule has 0 spiro atoms. The topological polar surface area (TPSA) is 48.8 Å². The van der Waals surface area contributed by atoms with Gasteiger partial charge in [0.25, 0.3) is 0 Å². The SMILES string of the molecule is C=CCCCCN=[N+]=[N-]. The van der Waals surface area contributed by atoms with Crippen LogP contribution in [0.5, 0.6) is 0 Å². The average Bonchev–Trinajstić information content (AvgIpc) is 1.89. The first kappa shape index (κ1) is 8.05. The van der Waals surface area contributed by atoms with Crippen LogP contribution in [0.25, 0.3) is 10.4 Å². The van der Waals surface area contributed by atoms with Gasteiger partial charge in [-0.25, -0.2) is 0 Å². The Hall–Kier alpha value is -0.950. The highest BCUT2D eigenvalue weighted by Gasteiger charge is 1.80. The molecule has 0 amide bonds. The molecule has 0 N–H and O–H groups in total. The number of allylic oxidation sites excluding steroid dienone is 1. The first-order valence-corrected chi connectivity index (χ1v) is 3.03. The summed E-state index contributed by atoms with van der Waals surface area (Å²) >= 11 is 0. The zero-order chi connectivity index (χ0) is 6.95. The molecule has 3 heteroatoms. The zero-order valence-corrected chi connectivity index (χ0v) is 5.45. The van der Waals surface area contributed by atoms with Crippen LogP contribution in [0.2, 0.25) is 0 Å². The predicted molar refractivity (Wildman–Crippen MR) is 38.1 cm³/mol. The largest absolute Gasteiger partial charge is 0.103 e. The maximum atomic E-state index is 7.86. The number of unbranched alkanes of at least 4 members (excludes halogenated alkanes) is 2. The lowest BCUT2D eigenvalue weighted by Gasteiger charge is -1.88. The minimum absolute atomic E-state index is 0.615. The van der Waals surface area contributed by atoms with Crippen LogP contribution in [0, 0.1) is 0 Å². The van der Waals surface area contributed by atoms with Crippen molar-refractivity contribution in [2.24, 2.45) is 5.11 Å². The Morgan fingerprint density at radius 3 is 2.89 bits per heavy atom. The highest BCUT2D eigenvalue weighted by Crippen LogP contribution is 1.94. The lowest BCUT2D eigenvalue weighted by Crippen LogP contribution is -1.76. The van der Waals surface area contributed by atoms with E-state index in [0.29, 0.717) is 6.54 Å². The minimum Gasteiger partial charge on any atom is -0.103 e. The van der Waals surface area contributed by atoms with Crippen LogP contribution < -0.4 is 0 Å². The van der Waals surface area contributed by atoms with E-state index in [2.05, 4.69) is 16.6 Å². The van der Waals surface area contributed by atoms with E-state index >= 15 is 0 Å². The molecule has 0 atom stereocenters. The summed E-state index contributed by atoms with van der Waals surface area (Å²) < 4.78 is 0. The van der Waals surface area contributed by atoms with Crippen LogP contribution in [0.3, 0.4) is 0 Å². The molecular weight excluding hydrogens is 114 g/mol. The van der Waals surface area contributed by atoms with Gasteiger partial charge in [-0.05, 0) is 24.8 Å². The maximum Gasteiger partial charge on any atom is 0.0258 e. The van der Waals surface area contributed by atoms with Gasteiger partial charge in [0.05, 0.1) is 0 Å². The summed E-state index contributed by atoms with van der Waals surface area (Å²) in [4.78, 5) is 2.63. The van der Waals surface area contributed by atoms with E-state index in [1.165, 1.54) is 0 Å². The molecule has 0 saturated carbocycles. The minimum atomic E-state index is 0.615. The molecule has 0 aliphatic heterocycles. The third-order valence-corrected chi connectivity index (χ3v) is 0.980. The molecule has 0 rings (SSSR count). The van der Waals surface area contributed by atoms with E-state index in [4.69, 9.17) is 5.53 Å². The van der Waals surface area contributed by atoms with E-state index in [1.54, 1.807) is 0 Å². The van der Waals surface area contributed by atoms with E-state index < -0.39 is 0 Å². The van der Waals surface area contributed by atoms with Gasteiger partial charge in [0, 0.05) is 11.5 Å². The smallest absolute Gasteiger partial charge is 0.0258 e. The maximum absolute atomic E-state index is 7.86. The molecule has 3 nitrogen and oxygen atoms in total. The number of azide groups is 1. The Morgan fingerprint density at radius 2 is 2.33 bits per heavy atom. The summed E-state index contributed by atoms with van der Waals surface area (Å²) in [7, 11) is 0. The van der Waals surface area contributed by atoms with E-state index in [-0.39, 0.29) is 0 Å². The second kappa shape index (κ2) is 7.05. The first-order chi connectivity index (χ1) is 4.41. The Labute approximate surface area is 55.0 Å². The normalized spacial score (nSPS) is 8.00. The van der Waals surface area contributed by atoms with Crippen LogP contribution in [0.1, 0.15) is 19.3 Å². The van der Waals surface area contributed by atoms with Gasteiger partial charge in [0.1, 0.15) is 0 Å². The van der Waals surface area contributed by atoms with Gasteiger partial charge < -0.3 is 0 Å². The van der Waals surface area contributed by atoms with Crippen molar-refractivity contribution < 1.29 is 0 Å². The van der Waals surface area contributed by atoms with Gasteiger partial charge in [-0.15, -0.1) is 6.58 Å². The second-order valence-electron chi connectivity index (χ2n) is 1.74. The van der Waals surface area contributed by atoms with Gasteiger partial charge in [0.2, 0.25) is 0 Å². The zero-order valence-electron chi connectivity index (χ0n) is 5.45. The number of rotatable bonds is 5. The van der Waals surface area contributed by atoms with Crippen molar-refractivity contribution in [1.82, 2.24) is 0 Å². The Balaban J connectivity index is 2.90. The van der Waals surface area contributed by atoms with Crippen LogP contribution in [0.15, 0.2) is 17.8 Å². The van der Waals surface area contributed by atoms with Gasteiger partial charge in [-0.1, -0.05) is 11.2 Å². The standard InChI is InChI=1S/C6H11N3/c1-2-3-4-5-6-8-9-7/h2H,1,3-6H2. The molecule has 0 fully saturated rings. The number of hydrogen-bond acceptors (Lipinski definition) is 1. The number of hydrogen-bond donors (Lipinski definition) is 0. The summed E-state index contributed by atoms with van der Waals surface area (Å²) in [6, 6.07) is 0. The summed E-state index contributed by atoms with van der Waals surface area (Å²) in [6.07, 6.45) is 4.93. The molecule has 9 heavy (non-hydrogen) atoms. The molecule has 0 heterocycles. The molecule has 50 valence electrons. The van der Waals surface area contributed by atoms with Gasteiger partial charge in [0.15, 0.2) is 0 Å². The first-order valence-electron chi connectivity index (χ1n) is 3.03. The summed E-state index contributed by atoms with van der Waals surface area (Å²) in [5.74, 6) is 0. The van der Waals surface area contributed by atoms with Gasteiger partial charge in [-0.2, -0.15) is 0 Å². The fraction of sp³-hybridized carbons (Fsp3) is 0.667. The van der Waals surface area contributed by atoms with Gasteiger partial charge in [-0.3, -0.25) is 0 Å². The van der Waals surface area contributed by atoms with Crippen molar-refractivity contribution in [3.8, 4) is 0 Å². The third kappa shape index (κ3) is 7.05. The third-order valence-electron chi connectivity index (χ3n) is 0.980. The van der Waals surface area contributed by atoms with Crippen LogP contribution >= 0.6 is 0 Å². The molecule has 0 saturated heterocycles. The van der Waals surface area contributed by atoms with Crippen LogP contribution in [-0.2, 0) is 0 Å². The Morgan fingerprint density at radius 1 is 1.56 bits per heavy atom. The molecule has 0 aromatic heterocycles. The lowest BCUT2D eigenvalue weighted by molar-refractivity contribution is 0.756. The molecule has 0 radical (unpaired) electrons.